The normalized spacial score (nSPS) is 16.2. The Bertz CT molecular complexity index is 838. The van der Waals surface area contributed by atoms with Gasteiger partial charge in [0.2, 0.25) is 0 Å². The molecular weight excluding hydrogens is 406 g/mol. The van der Waals surface area contributed by atoms with Gasteiger partial charge in [-0.05, 0) is 60.8 Å². The van der Waals surface area contributed by atoms with E-state index in [4.69, 9.17) is 0 Å². The Kier molecular flexibility index (Phi) is 11.7. The molecule has 1 aliphatic carbocycles. The van der Waals surface area contributed by atoms with Crippen LogP contribution in [0, 0.1) is 5.92 Å². The van der Waals surface area contributed by atoms with Gasteiger partial charge in [0.1, 0.15) is 0 Å². The van der Waals surface area contributed by atoms with Crippen molar-refractivity contribution < 1.29 is 4.79 Å². The number of carbonyl (C=O) groups is 1. The fourth-order valence-electron chi connectivity index (χ4n) is 4.34. The van der Waals surface area contributed by atoms with Gasteiger partial charge in [0.05, 0.1) is 0 Å². The van der Waals surface area contributed by atoms with Crippen LogP contribution >= 0.6 is 0 Å². The maximum absolute atomic E-state index is 12.4. The first-order valence-corrected chi connectivity index (χ1v) is 12.4. The van der Waals surface area contributed by atoms with E-state index in [1.54, 1.807) is 6.08 Å². The molecule has 2 aromatic carbocycles. The first-order chi connectivity index (χ1) is 16.0. The van der Waals surface area contributed by atoms with Gasteiger partial charge in [-0.3, -0.25) is 0 Å². The molecule has 1 aliphatic heterocycles. The monoisotopic (exact) mass is 449 g/mol. The molecule has 2 amide bonds. The minimum Gasteiger partial charge on any atom is -0.336 e. The lowest BCUT2D eigenvalue weighted by Crippen LogP contribution is -2.47. The lowest BCUT2D eigenvalue weighted by Gasteiger charge is -2.27. The number of hydrogen-bond acceptors (Lipinski definition) is 2. The van der Waals surface area contributed by atoms with Gasteiger partial charge in [-0.15, -0.1) is 6.58 Å². The molecule has 0 unspecified atom stereocenters. The zero-order chi connectivity index (χ0) is 24.1. The van der Waals surface area contributed by atoms with Crippen LogP contribution in [0.4, 0.5) is 4.79 Å². The van der Waals surface area contributed by atoms with E-state index >= 15 is 0 Å². The minimum absolute atomic E-state index is 0.0335. The molecule has 33 heavy (non-hydrogen) atoms. The zero-order valence-electron chi connectivity index (χ0n) is 21.1. The van der Waals surface area contributed by atoms with Crippen molar-refractivity contribution in [2.45, 2.75) is 65.5 Å². The van der Waals surface area contributed by atoms with Crippen molar-refractivity contribution in [3.05, 3.63) is 83.4 Å². The number of carbonyl (C=O) groups excluding carboxylic acids is 1. The van der Waals surface area contributed by atoms with Crippen LogP contribution in [0.15, 0.2) is 61.2 Å². The van der Waals surface area contributed by atoms with E-state index in [0.29, 0.717) is 18.5 Å². The van der Waals surface area contributed by atoms with Crippen LogP contribution < -0.4 is 10.6 Å². The lowest BCUT2D eigenvalue weighted by molar-refractivity contribution is 0.204. The molecule has 1 heterocycles. The van der Waals surface area contributed by atoms with Gasteiger partial charge in [0.15, 0.2) is 0 Å². The number of fused-ring (bicyclic) bond motifs is 2. The first-order valence-electron chi connectivity index (χ1n) is 12.4. The van der Waals surface area contributed by atoms with Crippen LogP contribution in [-0.4, -0.2) is 37.1 Å². The Labute approximate surface area is 201 Å². The number of rotatable bonds is 5. The second kappa shape index (κ2) is 14.5. The summed E-state index contributed by atoms with van der Waals surface area (Å²) in [6, 6.07) is 17.6. The fraction of sp³-hybridized carbons (Fsp3) is 0.483. The third kappa shape index (κ3) is 8.70. The van der Waals surface area contributed by atoms with E-state index in [9.17, 15) is 4.79 Å². The summed E-state index contributed by atoms with van der Waals surface area (Å²) in [6.07, 6.45) is 7.34. The highest BCUT2D eigenvalue weighted by Crippen LogP contribution is 2.28. The molecule has 0 saturated carbocycles. The van der Waals surface area contributed by atoms with Gasteiger partial charge in [-0.2, -0.15) is 0 Å². The molecule has 180 valence electrons. The summed E-state index contributed by atoms with van der Waals surface area (Å²) in [6.45, 7) is 11.9. The standard InChI is InChI=1S/C23H29N3O.C3H8.C3H6/c1-26(11-10-17-12-18-6-2-3-7-19(18)13-17)23(27)25-16-22-14-20-8-4-5-9-21(20)15-24-22;2*1-3-2/h2-9,17,22,24H,10-16H2,1H3,(H,25,27);3H2,1-2H3;3H,1H2,2H3/t22-;;/m0../s1. The molecule has 0 fully saturated rings. The Morgan fingerprint density at radius 2 is 1.52 bits per heavy atom. The SMILES string of the molecule is C=CC.CCC.CN(CCC1Cc2ccccc2C1)C(=O)NC[C@@H]1Cc2ccccc2CN1. The smallest absolute Gasteiger partial charge is 0.317 e. The Morgan fingerprint density at radius 1 is 1.03 bits per heavy atom. The summed E-state index contributed by atoms with van der Waals surface area (Å²) in [5.74, 6) is 0.661. The number of allylic oxidation sites excluding steroid dienone is 1. The van der Waals surface area contributed by atoms with E-state index < -0.39 is 0 Å². The van der Waals surface area contributed by atoms with E-state index in [-0.39, 0.29) is 6.03 Å². The molecule has 4 nitrogen and oxygen atoms in total. The highest BCUT2D eigenvalue weighted by molar-refractivity contribution is 5.73. The van der Waals surface area contributed by atoms with Crippen molar-refractivity contribution in [3.8, 4) is 0 Å². The quantitative estimate of drug-likeness (QED) is 0.570. The molecule has 0 radical (unpaired) electrons. The fourth-order valence-corrected chi connectivity index (χ4v) is 4.34. The van der Waals surface area contributed by atoms with Crippen LogP contribution in [0.3, 0.4) is 0 Å². The highest BCUT2D eigenvalue weighted by atomic mass is 16.2. The molecule has 4 rings (SSSR count). The molecule has 0 bridgehead atoms. The van der Waals surface area contributed by atoms with Crippen molar-refractivity contribution in [2.75, 3.05) is 20.1 Å². The van der Waals surface area contributed by atoms with Crippen molar-refractivity contribution in [1.29, 1.82) is 0 Å². The van der Waals surface area contributed by atoms with Crippen LogP contribution in [0.2, 0.25) is 0 Å². The van der Waals surface area contributed by atoms with Crippen LogP contribution in [0.25, 0.3) is 0 Å². The highest BCUT2D eigenvalue weighted by Gasteiger charge is 2.22. The van der Waals surface area contributed by atoms with Gasteiger partial charge in [-0.25, -0.2) is 4.79 Å². The Balaban J connectivity index is 0.000000582. The molecule has 2 N–H and O–H groups in total. The summed E-state index contributed by atoms with van der Waals surface area (Å²) in [4.78, 5) is 14.3. The number of urea groups is 1. The molecular formula is C29H43N3O. The second-order valence-electron chi connectivity index (χ2n) is 9.11. The summed E-state index contributed by atoms with van der Waals surface area (Å²) in [5, 5.41) is 6.62. The summed E-state index contributed by atoms with van der Waals surface area (Å²) < 4.78 is 0. The summed E-state index contributed by atoms with van der Waals surface area (Å²) in [7, 11) is 1.90. The minimum atomic E-state index is 0.0335. The average Bonchev–Trinajstić information content (AvgIpc) is 3.25. The summed E-state index contributed by atoms with van der Waals surface area (Å²) in [5.41, 5.74) is 5.73. The molecule has 2 aromatic rings. The van der Waals surface area contributed by atoms with Gasteiger partial charge >= 0.3 is 6.03 Å². The second-order valence-corrected chi connectivity index (χ2v) is 9.11. The van der Waals surface area contributed by atoms with Gasteiger partial charge < -0.3 is 15.5 Å². The van der Waals surface area contributed by atoms with E-state index in [0.717, 1.165) is 38.8 Å². The number of hydrogen-bond donors (Lipinski definition) is 2. The first kappa shape index (κ1) is 26.7. The third-order valence-corrected chi connectivity index (χ3v) is 6.02. The van der Waals surface area contributed by atoms with Crippen molar-refractivity contribution in [3.63, 3.8) is 0 Å². The third-order valence-electron chi connectivity index (χ3n) is 6.02. The molecule has 1 atom stereocenters. The molecule has 0 spiro atoms. The van der Waals surface area contributed by atoms with Crippen LogP contribution in [-0.2, 0) is 25.8 Å². The summed E-state index contributed by atoms with van der Waals surface area (Å²) >= 11 is 0. The van der Waals surface area contributed by atoms with Crippen molar-refractivity contribution in [1.82, 2.24) is 15.5 Å². The van der Waals surface area contributed by atoms with E-state index in [2.05, 4.69) is 79.6 Å². The zero-order valence-corrected chi connectivity index (χ0v) is 21.1. The molecule has 4 heteroatoms. The molecule has 2 aliphatic rings. The van der Waals surface area contributed by atoms with Gasteiger partial charge in [0, 0.05) is 32.7 Å². The largest absolute Gasteiger partial charge is 0.336 e. The Hall–Kier alpha value is -2.59. The maximum Gasteiger partial charge on any atom is 0.317 e. The van der Waals surface area contributed by atoms with E-state index in [1.807, 2.05) is 18.9 Å². The van der Waals surface area contributed by atoms with E-state index in [1.165, 1.54) is 28.7 Å². The average molecular weight is 450 g/mol. The number of nitrogens with one attached hydrogen (secondary N) is 2. The predicted octanol–water partition coefficient (Wildman–Crippen LogP) is 5.76. The van der Waals surface area contributed by atoms with Crippen LogP contribution in [0.5, 0.6) is 0 Å². The molecule has 0 aromatic heterocycles. The maximum atomic E-state index is 12.4. The number of nitrogens with zero attached hydrogens (tertiary/aromatic N) is 1. The topological polar surface area (TPSA) is 44.4 Å². The van der Waals surface area contributed by atoms with Crippen molar-refractivity contribution >= 4 is 6.03 Å². The number of benzene rings is 2. The van der Waals surface area contributed by atoms with Crippen LogP contribution in [0.1, 0.15) is 55.9 Å². The predicted molar refractivity (Wildman–Crippen MR) is 141 cm³/mol. The van der Waals surface area contributed by atoms with Gasteiger partial charge in [0.25, 0.3) is 0 Å². The number of amides is 2. The van der Waals surface area contributed by atoms with Crippen molar-refractivity contribution in [2.24, 2.45) is 5.92 Å². The lowest BCUT2D eigenvalue weighted by atomic mass is 9.96. The van der Waals surface area contributed by atoms with Gasteiger partial charge in [-0.1, -0.05) is 74.9 Å². The molecule has 0 saturated heterocycles. The Morgan fingerprint density at radius 3 is 2.06 bits per heavy atom.